The summed E-state index contributed by atoms with van der Waals surface area (Å²) in [5, 5.41) is 4.80. The summed E-state index contributed by atoms with van der Waals surface area (Å²) < 4.78 is 5.29. The molecule has 1 aliphatic rings. The maximum Gasteiger partial charge on any atom is 0.173 e. The summed E-state index contributed by atoms with van der Waals surface area (Å²) in [7, 11) is 1.73. The lowest BCUT2D eigenvalue weighted by Gasteiger charge is -2.39. The number of hydrogen-bond acceptors (Lipinski definition) is 2. The Bertz CT molecular complexity index is 533. The van der Waals surface area contributed by atoms with E-state index in [2.05, 4.69) is 24.1 Å². The van der Waals surface area contributed by atoms with Crippen LogP contribution in [-0.2, 0) is 4.74 Å². The molecular weight excluding hydrogens is 342 g/mol. The summed E-state index contributed by atoms with van der Waals surface area (Å²) in [6.07, 6.45) is 2.32. The van der Waals surface area contributed by atoms with Crippen molar-refractivity contribution >= 4 is 34.6 Å². The molecule has 0 bridgehead atoms. The van der Waals surface area contributed by atoms with Gasteiger partial charge in [0.1, 0.15) is 0 Å². The number of hydrogen-bond donors (Lipinski definition) is 2. The standard InChI is InChI=1S/C18H28ClN3OS/c1-14(2)21-9-7-17(8-10-21)22(11-12-23-3)18(24)20-16-6-4-5-15(19)13-16/h4-6,13-14,17H,7-12H2,1-3H3,(H,20,24)/p+1. The molecule has 24 heavy (non-hydrogen) atoms. The SMILES string of the molecule is COCCN(C(=S)Nc1cccc(Cl)c1)C1CC[NH+](C(C)C)CC1. The number of likely N-dealkylation sites (tertiary alicyclic amines) is 1. The van der Waals surface area contributed by atoms with Gasteiger partial charge in [-0.1, -0.05) is 17.7 Å². The van der Waals surface area contributed by atoms with Crippen molar-refractivity contribution in [3.63, 3.8) is 0 Å². The van der Waals surface area contributed by atoms with Gasteiger partial charge < -0.3 is 19.9 Å². The zero-order valence-electron chi connectivity index (χ0n) is 14.8. The second-order valence-electron chi connectivity index (χ2n) is 6.67. The zero-order valence-corrected chi connectivity index (χ0v) is 16.4. The van der Waals surface area contributed by atoms with Crippen molar-refractivity contribution in [2.75, 3.05) is 38.7 Å². The summed E-state index contributed by atoms with van der Waals surface area (Å²) in [5.41, 5.74) is 0.931. The van der Waals surface area contributed by atoms with Crippen molar-refractivity contribution in [3.8, 4) is 0 Å². The van der Waals surface area contributed by atoms with E-state index in [1.54, 1.807) is 12.0 Å². The molecule has 2 rings (SSSR count). The minimum absolute atomic E-state index is 0.474. The Morgan fingerprint density at radius 3 is 2.71 bits per heavy atom. The average molecular weight is 371 g/mol. The third kappa shape index (κ3) is 5.59. The predicted octanol–water partition coefficient (Wildman–Crippen LogP) is 2.44. The third-order valence-corrected chi connectivity index (χ3v) is 5.30. The molecule has 0 radical (unpaired) electrons. The summed E-state index contributed by atoms with van der Waals surface area (Å²) >= 11 is 11.8. The van der Waals surface area contributed by atoms with E-state index in [0.717, 1.165) is 30.2 Å². The van der Waals surface area contributed by atoms with Crippen molar-refractivity contribution in [2.45, 2.75) is 38.8 Å². The molecule has 1 aliphatic heterocycles. The van der Waals surface area contributed by atoms with Crippen molar-refractivity contribution in [1.29, 1.82) is 0 Å². The number of thiocarbonyl (C=S) groups is 1. The average Bonchev–Trinajstić information content (AvgIpc) is 2.55. The first-order valence-corrected chi connectivity index (χ1v) is 9.46. The Balaban J connectivity index is 2.00. The van der Waals surface area contributed by atoms with Gasteiger partial charge in [0, 0.05) is 43.2 Å². The molecule has 0 amide bonds. The molecule has 1 fully saturated rings. The first-order valence-electron chi connectivity index (χ1n) is 8.68. The van der Waals surface area contributed by atoms with Gasteiger partial charge in [0.05, 0.1) is 25.7 Å². The smallest absolute Gasteiger partial charge is 0.173 e. The molecule has 0 spiro atoms. The lowest BCUT2D eigenvalue weighted by Crippen LogP contribution is -3.16. The van der Waals surface area contributed by atoms with Gasteiger partial charge in [-0.15, -0.1) is 0 Å². The van der Waals surface area contributed by atoms with Crippen molar-refractivity contribution < 1.29 is 9.64 Å². The Hall–Kier alpha value is -0.880. The number of nitrogens with zero attached hydrogens (tertiary/aromatic N) is 1. The van der Waals surface area contributed by atoms with Crippen molar-refractivity contribution in [1.82, 2.24) is 4.90 Å². The van der Waals surface area contributed by atoms with E-state index in [0.29, 0.717) is 23.7 Å². The Labute approximate surface area is 156 Å². The fraction of sp³-hybridized carbons (Fsp3) is 0.611. The van der Waals surface area contributed by atoms with Gasteiger partial charge >= 0.3 is 0 Å². The maximum atomic E-state index is 6.07. The molecule has 0 saturated carbocycles. The van der Waals surface area contributed by atoms with Gasteiger partial charge in [-0.3, -0.25) is 0 Å². The largest absolute Gasteiger partial charge is 0.383 e. The highest BCUT2D eigenvalue weighted by molar-refractivity contribution is 7.80. The van der Waals surface area contributed by atoms with E-state index in [-0.39, 0.29) is 0 Å². The molecule has 0 aliphatic carbocycles. The molecule has 0 atom stereocenters. The summed E-state index contributed by atoms with van der Waals surface area (Å²) in [4.78, 5) is 3.98. The van der Waals surface area contributed by atoms with E-state index < -0.39 is 0 Å². The fourth-order valence-corrected chi connectivity index (χ4v) is 3.81. The van der Waals surface area contributed by atoms with Gasteiger partial charge in [-0.25, -0.2) is 0 Å². The monoisotopic (exact) mass is 370 g/mol. The number of piperidine rings is 1. The van der Waals surface area contributed by atoms with E-state index in [4.69, 9.17) is 28.6 Å². The van der Waals surface area contributed by atoms with Crippen LogP contribution in [0.25, 0.3) is 0 Å². The normalized spacial score (nSPS) is 20.9. The number of halogens is 1. The molecule has 1 heterocycles. The Morgan fingerprint density at radius 1 is 1.42 bits per heavy atom. The molecule has 0 unspecified atom stereocenters. The number of ether oxygens (including phenoxy) is 1. The molecular formula is C18H29ClN3OS+. The topological polar surface area (TPSA) is 28.9 Å². The lowest BCUT2D eigenvalue weighted by atomic mass is 10.0. The molecule has 2 N–H and O–H groups in total. The molecule has 1 aromatic carbocycles. The third-order valence-electron chi connectivity index (χ3n) is 4.73. The van der Waals surface area contributed by atoms with Gasteiger partial charge in [-0.2, -0.15) is 0 Å². The molecule has 4 nitrogen and oxygen atoms in total. The van der Waals surface area contributed by atoms with Crippen molar-refractivity contribution in [2.24, 2.45) is 0 Å². The van der Waals surface area contributed by atoms with Crippen LogP contribution in [0.4, 0.5) is 5.69 Å². The number of anilines is 1. The van der Waals surface area contributed by atoms with Crippen LogP contribution in [0, 0.1) is 0 Å². The van der Waals surface area contributed by atoms with Crippen LogP contribution in [0.2, 0.25) is 5.02 Å². The highest BCUT2D eigenvalue weighted by atomic mass is 35.5. The summed E-state index contributed by atoms with van der Waals surface area (Å²) in [6, 6.07) is 8.84. The molecule has 0 aromatic heterocycles. The number of nitrogens with one attached hydrogen (secondary N) is 2. The van der Waals surface area contributed by atoms with E-state index in [1.165, 1.54) is 13.1 Å². The van der Waals surface area contributed by atoms with Crippen LogP contribution in [0.1, 0.15) is 26.7 Å². The van der Waals surface area contributed by atoms with Crippen LogP contribution in [0.15, 0.2) is 24.3 Å². The van der Waals surface area contributed by atoms with Gasteiger partial charge in [0.2, 0.25) is 0 Å². The minimum Gasteiger partial charge on any atom is -0.383 e. The van der Waals surface area contributed by atoms with E-state index in [9.17, 15) is 0 Å². The van der Waals surface area contributed by atoms with Gasteiger partial charge in [0.25, 0.3) is 0 Å². The maximum absolute atomic E-state index is 6.07. The van der Waals surface area contributed by atoms with Gasteiger partial charge in [-0.05, 0) is 44.3 Å². The second-order valence-corrected chi connectivity index (χ2v) is 7.49. The van der Waals surface area contributed by atoms with Crippen LogP contribution < -0.4 is 10.2 Å². The van der Waals surface area contributed by atoms with Crippen LogP contribution in [0.5, 0.6) is 0 Å². The Morgan fingerprint density at radius 2 is 2.12 bits per heavy atom. The first kappa shape index (κ1) is 19.4. The highest BCUT2D eigenvalue weighted by Gasteiger charge is 2.29. The lowest BCUT2D eigenvalue weighted by molar-refractivity contribution is -0.926. The summed E-state index contributed by atoms with van der Waals surface area (Å²) in [5.74, 6) is 0. The summed E-state index contributed by atoms with van der Waals surface area (Å²) in [6.45, 7) is 8.48. The zero-order chi connectivity index (χ0) is 17.5. The molecule has 6 heteroatoms. The Kier molecular flexibility index (Phi) is 7.75. The van der Waals surface area contributed by atoms with Crippen molar-refractivity contribution in [3.05, 3.63) is 29.3 Å². The van der Waals surface area contributed by atoms with Crippen LogP contribution in [0.3, 0.4) is 0 Å². The minimum atomic E-state index is 0.474. The fourth-order valence-electron chi connectivity index (χ4n) is 3.26. The van der Waals surface area contributed by atoms with E-state index in [1.807, 2.05) is 24.3 Å². The van der Waals surface area contributed by atoms with Gasteiger partial charge in [0.15, 0.2) is 5.11 Å². The number of benzene rings is 1. The number of rotatable bonds is 6. The molecule has 134 valence electrons. The van der Waals surface area contributed by atoms with E-state index >= 15 is 0 Å². The number of quaternary nitrogens is 1. The van der Waals surface area contributed by atoms with Crippen LogP contribution in [-0.4, -0.2) is 55.4 Å². The highest BCUT2D eigenvalue weighted by Crippen LogP contribution is 2.17. The van der Waals surface area contributed by atoms with Crippen LogP contribution >= 0.6 is 23.8 Å². The molecule has 1 aromatic rings. The quantitative estimate of drug-likeness (QED) is 0.752. The molecule has 1 saturated heterocycles. The first-order chi connectivity index (χ1) is 11.5. The number of methoxy groups -OCH3 is 1. The second kappa shape index (κ2) is 9.56. The predicted molar refractivity (Wildman–Crippen MR) is 105 cm³/mol.